The fourth-order valence-corrected chi connectivity index (χ4v) is 8.35. The Bertz CT molecular complexity index is 681. The van der Waals surface area contributed by atoms with Gasteiger partial charge in [0.2, 0.25) is 5.22 Å². The van der Waals surface area contributed by atoms with Crippen molar-refractivity contribution >= 4 is 21.5 Å². The zero-order chi connectivity index (χ0) is 20.1. The molecule has 0 amide bonds. The van der Waals surface area contributed by atoms with Crippen LogP contribution in [-0.2, 0) is 0 Å². The minimum atomic E-state index is -1.19. The highest BCUT2D eigenvalue weighted by Gasteiger charge is 2.40. The zero-order valence-electron chi connectivity index (χ0n) is 18.5. The van der Waals surface area contributed by atoms with Crippen LogP contribution < -0.4 is 11.5 Å². The van der Waals surface area contributed by atoms with Crippen LogP contribution in [0.4, 0.5) is 11.5 Å². The highest BCUT2D eigenvalue weighted by atomic mass is 32.3. The molecule has 28 heavy (non-hydrogen) atoms. The Morgan fingerprint density at radius 1 is 0.929 bits per heavy atom. The lowest BCUT2D eigenvalue weighted by Crippen LogP contribution is -2.29. The van der Waals surface area contributed by atoms with Crippen molar-refractivity contribution in [3.63, 3.8) is 0 Å². The van der Waals surface area contributed by atoms with Crippen molar-refractivity contribution in [2.24, 2.45) is 0 Å². The van der Waals surface area contributed by atoms with Crippen LogP contribution in [0.2, 0.25) is 0 Å². The van der Waals surface area contributed by atoms with E-state index in [1.165, 1.54) is 6.42 Å². The molecule has 0 saturated carbocycles. The number of nitrogens with zero attached hydrogens (tertiary/aromatic N) is 2. The van der Waals surface area contributed by atoms with E-state index in [0.717, 1.165) is 5.22 Å². The van der Waals surface area contributed by atoms with Gasteiger partial charge in [-0.25, -0.2) is 9.97 Å². The average molecular weight is 417 g/mol. The van der Waals surface area contributed by atoms with E-state index in [2.05, 4.69) is 65.4 Å². The predicted octanol–water partition coefficient (Wildman–Crippen LogP) is 4.06. The number of hydrogen-bond donors (Lipinski definition) is 2. The quantitative estimate of drug-likeness (QED) is 0.752. The number of hydrogen-bond acceptors (Lipinski definition) is 5. The van der Waals surface area contributed by atoms with Crippen molar-refractivity contribution in [2.75, 3.05) is 11.5 Å². The van der Waals surface area contributed by atoms with E-state index < -0.39 is 10.0 Å². The Morgan fingerprint density at radius 3 is 1.79 bits per heavy atom. The van der Waals surface area contributed by atoms with E-state index in [0.29, 0.717) is 38.7 Å². The number of nitrogen functional groups attached to an aromatic ring is 2. The zero-order valence-corrected chi connectivity index (χ0v) is 19.4. The number of nitrogens with two attached hydrogens (primary N) is 2. The molecule has 0 fully saturated rings. The van der Waals surface area contributed by atoms with E-state index in [1.807, 2.05) is 6.07 Å². The van der Waals surface area contributed by atoms with Crippen molar-refractivity contribution in [1.82, 2.24) is 9.97 Å². The molecular formula is C20H40N4O3S. The van der Waals surface area contributed by atoms with Crippen molar-refractivity contribution in [2.45, 2.75) is 82.8 Å². The summed E-state index contributed by atoms with van der Waals surface area (Å²) in [7, 11) is -1.19. The van der Waals surface area contributed by atoms with Gasteiger partial charge in [-0.05, 0) is 27.9 Å². The van der Waals surface area contributed by atoms with Gasteiger partial charge < -0.3 is 26.8 Å². The van der Waals surface area contributed by atoms with Crippen LogP contribution in [0.1, 0.15) is 61.8 Å². The first-order chi connectivity index (χ1) is 12.1. The molecule has 0 aliphatic rings. The summed E-state index contributed by atoms with van der Waals surface area (Å²) in [5, 5.41) is 2.31. The molecule has 164 valence electrons. The van der Waals surface area contributed by atoms with Crippen molar-refractivity contribution in [1.29, 1.82) is 0 Å². The summed E-state index contributed by atoms with van der Waals surface area (Å²) >= 11 is 0. The first-order valence-electron chi connectivity index (χ1n) is 9.40. The molecule has 0 aliphatic heterocycles. The summed E-state index contributed by atoms with van der Waals surface area (Å²) in [4.78, 5) is 8.94. The molecule has 0 unspecified atom stereocenters. The second-order valence-corrected chi connectivity index (χ2v) is 12.0. The number of pyridine rings is 1. The molecule has 8 N–H and O–H groups in total. The lowest BCUT2D eigenvalue weighted by molar-refractivity contribution is 0.455. The highest BCUT2D eigenvalue weighted by Crippen LogP contribution is 2.66. The van der Waals surface area contributed by atoms with Gasteiger partial charge in [-0.15, -0.1) is 0 Å². The van der Waals surface area contributed by atoms with Gasteiger partial charge in [-0.3, -0.25) is 0 Å². The lowest BCUT2D eigenvalue weighted by Gasteiger charge is -2.48. The Labute approximate surface area is 171 Å². The summed E-state index contributed by atoms with van der Waals surface area (Å²) in [6.07, 6.45) is 3.00. The molecule has 0 aromatic carbocycles. The van der Waals surface area contributed by atoms with E-state index >= 15 is 0 Å². The molecule has 2 heterocycles. The average Bonchev–Trinajstić information content (AvgIpc) is 3.00. The number of anilines is 2. The van der Waals surface area contributed by atoms with Gasteiger partial charge in [0.25, 0.3) is 0 Å². The molecule has 0 atom stereocenters. The number of rotatable bonds is 5. The van der Waals surface area contributed by atoms with Gasteiger partial charge >= 0.3 is 0 Å². The van der Waals surface area contributed by atoms with E-state index in [9.17, 15) is 0 Å². The third kappa shape index (κ3) is 5.62. The van der Waals surface area contributed by atoms with Gasteiger partial charge in [-0.2, -0.15) is 10.0 Å². The first-order valence-corrected chi connectivity index (χ1v) is 11.2. The van der Waals surface area contributed by atoms with Crippen molar-refractivity contribution in [3.8, 4) is 11.5 Å². The van der Waals surface area contributed by atoms with Gasteiger partial charge in [0.15, 0.2) is 5.76 Å². The van der Waals surface area contributed by atoms with Crippen LogP contribution in [0.15, 0.2) is 28.0 Å². The summed E-state index contributed by atoms with van der Waals surface area (Å²) in [5.74, 6) is 0.959. The van der Waals surface area contributed by atoms with Crippen molar-refractivity contribution in [3.05, 3.63) is 18.3 Å². The standard InChI is InChI=1S/C17H28N4OS.C3H8.2H2O/c1-10(2)23(11(3)4,12(5)6)17-20-9-15(22-17)14-8-7-13(18)16(19)21-14;1-3-2;;/h7-12H,18H2,1-6H3,(H2,19,21);3H2,1-2H3;2*1H2. The highest BCUT2D eigenvalue weighted by molar-refractivity contribution is 8.34. The minimum absolute atomic E-state index is 0. The first kappa shape index (κ1) is 28.4. The third-order valence-electron chi connectivity index (χ3n) is 4.34. The molecular weight excluding hydrogens is 376 g/mol. The Hall–Kier alpha value is -1.77. The fraction of sp³-hybridized carbons (Fsp3) is 0.600. The SMILES string of the molecule is CC(C)S(c1ncc(-c2ccc(N)c(N)n2)o1)(C(C)C)C(C)C.CCC.O.O. The number of oxazole rings is 1. The van der Waals surface area contributed by atoms with E-state index in [-0.39, 0.29) is 11.0 Å². The van der Waals surface area contributed by atoms with Gasteiger partial charge in [-0.1, -0.05) is 61.8 Å². The predicted molar refractivity (Wildman–Crippen MR) is 123 cm³/mol. The van der Waals surface area contributed by atoms with Gasteiger partial charge in [0.05, 0.1) is 11.9 Å². The fourth-order valence-electron chi connectivity index (χ4n) is 3.40. The Kier molecular flexibility index (Phi) is 12.1. The molecule has 8 heteroatoms. The van der Waals surface area contributed by atoms with Crippen LogP contribution in [0.3, 0.4) is 0 Å². The van der Waals surface area contributed by atoms with Crippen LogP contribution in [0.25, 0.3) is 11.5 Å². The Morgan fingerprint density at radius 2 is 1.39 bits per heavy atom. The number of aromatic nitrogens is 2. The maximum Gasteiger partial charge on any atom is 0.239 e. The second-order valence-electron chi connectivity index (χ2n) is 7.28. The van der Waals surface area contributed by atoms with Crippen LogP contribution in [-0.4, -0.2) is 36.7 Å². The topological polar surface area (TPSA) is 154 Å². The molecule has 0 spiro atoms. The second kappa shape index (κ2) is 11.9. The molecule has 0 saturated heterocycles. The van der Waals surface area contributed by atoms with Crippen molar-refractivity contribution < 1.29 is 15.4 Å². The Balaban J connectivity index is 0. The lowest BCUT2D eigenvalue weighted by atomic mass is 10.3. The third-order valence-corrected chi connectivity index (χ3v) is 9.81. The summed E-state index contributed by atoms with van der Waals surface area (Å²) < 4.78 is 6.18. The molecule has 7 nitrogen and oxygen atoms in total. The molecule has 0 aliphatic carbocycles. The van der Waals surface area contributed by atoms with E-state index in [1.54, 1.807) is 12.3 Å². The molecule has 0 bridgehead atoms. The monoisotopic (exact) mass is 416 g/mol. The summed E-state index contributed by atoms with van der Waals surface area (Å²) in [5.41, 5.74) is 12.7. The smallest absolute Gasteiger partial charge is 0.239 e. The largest absolute Gasteiger partial charge is 0.431 e. The van der Waals surface area contributed by atoms with Crippen LogP contribution >= 0.6 is 10.0 Å². The molecule has 2 aromatic heterocycles. The summed E-state index contributed by atoms with van der Waals surface area (Å²) in [6, 6.07) is 3.56. The maximum atomic E-state index is 6.18. The van der Waals surface area contributed by atoms with E-state index in [4.69, 9.17) is 15.9 Å². The molecule has 2 rings (SSSR count). The molecule has 2 aromatic rings. The summed E-state index contributed by atoms with van der Waals surface area (Å²) in [6.45, 7) is 17.8. The maximum absolute atomic E-state index is 6.18. The van der Waals surface area contributed by atoms with Gasteiger partial charge in [0, 0.05) is 0 Å². The minimum Gasteiger partial charge on any atom is -0.431 e. The van der Waals surface area contributed by atoms with Crippen LogP contribution in [0.5, 0.6) is 0 Å². The van der Waals surface area contributed by atoms with Crippen LogP contribution in [0, 0.1) is 0 Å². The van der Waals surface area contributed by atoms with Gasteiger partial charge in [0.1, 0.15) is 11.5 Å². The molecule has 0 radical (unpaired) electrons. The normalized spacial score (nSPS) is 11.5.